The van der Waals surface area contributed by atoms with Gasteiger partial charge in [-0.15, -0.1) is 0 Å². The molecule has 0 spiro atoms. The quantitative estimate of drug-likeness (QED) is 0.594. The summed E-state index contributed by atoms with van der Waals surface area (Å²) in [7, 11) is 0. The third-order valence-corrected chi connectivity index (χ3v) is 1.85. The molecule has 0 aliphatic carbocycles. The number of amides is 1. The van der Waals surface area contributed by atoms with Crippen LogP contribution in [0.25, 0.3) is 0 Å². The van der Waals surface area contributed by atoms with E-state index in [0.29, 0.717) is 0 Å². The normalized spacial score (nSPS) is 11.8. The van der Waals surface area contributed by atoms with E-state index in [1.54, 1.807) is 0 Å². The van der Waals surface area contributed by atoms with Crippen LogP contribution in [0.4, 0.5) is 0 Å². The van der Waals surface area contributed by atoms with Crippen LogP contribution in [0.5, 0.6) is 11.5 Å². The van der Waals surface area contributed by atoms with Gasteiger partial charge in [0.05, 0.1) is 0 Å². The molecule has 0 radical (unpaired) electrons. The summed E-state index contributed by atoms with van der Waals surface area (Å²) in [4.78, 5) is 21.7. The Balaban J connectivity index is 3.10. The molecule has 16 heavy (non-hydrogen) atoms. The third kappa shape index (κ3) is 2.88. The van der Waals surface area contributed by atoms with Gasteiger partial charge in [0, 0.05) is 13.0 Å². The number of carbonyl (C=O) groups is 2. The Kier molecular flexibility index (Phi) is 3.34. The van der Waals surface area contributed by atoms with E-state index in [-0.39, 0.29) is 17.1 Å². The van der Waals surface area contributed by atoms with Crippen molar-refractivity contribution < 1.29 is 24.9 Å². The van der Waals surface area contributed by atoms with Crippen molar-refractivity contribution in [2.45, 2.75) is 13.0 Å². The third-order valence-electron chi connectivity index (χ3n) is 1.85. The number of rotatable bonds is 3. The van der Waals surface area contributed by atoms with E-state index in [2.05, 4.69) is 5.32 Å². The first kappa shape index (κ1) is 11.8. The number of carbonyl (C=O) groups excluding carboxylic acids is 1. The number of phenols is 2. The summed E-state index contributed by atoms with van der Waals surface area (Å²) >= 11 is 0. The average Bonchev–Trinajstić information content (AvgIpc) is 2.11. The Labute approximate surface area is 91.1 Å². The fraction of sp³-hybridized carbons (Fsp3) is 0.200. The minimum Gasteiger partial charge on any atom is -0.508 e. The van der Waals surface area contributed by atoms with E-state index in [1.165, 1.54) is 6.92 Å². The molecule has 0 fully saturated rings. The molecule has 4 N–H and O–H groups in total. The van der Waals surface area contributed by atoms with Crippen LogP contribution in [0.2, 0.25) is 0 Å². The number of aliphatic carboxylic acids is 1. The largest absolute Gasteiger partial charge is 0.508 e. The topological polar surface area (TPSA) is 107 Å². The lowest BCUT2D eigenvalue weighted by atomic mass is 10.1. The highest BCUT2D eigenvalue weighted by Gasteiger charge is 2.21. The van der Waals surface area contributed by atoms with Crippen LogP contribution in [0.15, 0.2) is 18.2 Å². The van der Waals surface area contributed by atoms with Gasteiger partial charge in [-0.3, -0.25) is 4.79 Å². The second-order valence-electron chi connectivity index (χ2n) is 3.25. The van der Waals surface area contributed by atoms with Crippen molar-refractivity contribution in [1.82, 2.24) is 5.32 Å². The van der Waals surface area contributed by atoms with Crippen molar-refractivity contribution in [3.63, 3.8) is 0 Å². The van der Waals surface area contributed by atoms with Gasteiger partial charge in [-0.25, -0.2) is 4.79 Å². The molecule has 86 valence electrons. The van der Waals surface area contributed by atoms with Crippen molar-refractivity contribution in [1.29, 1.82) is 0 Å². The molecule has 6 heteroatoms. The molecule has 0 saturated carbocycles. The standard InChI is InChI=1S/C10H11NO5/c1-5(12)11-9(10(15)16)6-2-7(13)4-8(14)3-6/h2-4,9,13-14H,1H3,(H,11,12)(H,15,16). The molecule has 0 heterocycles. The van der Waals surface area contributed by atoms with Crippen LogP contribution in [-0.2, 0) is 9.59 Å². The van der Waals surface area contributed by atoms with Crippen molar-refractivity contribution in [3.8, 4) is 11.5 Å². The maximum atomic E-state index is 10.9. The molecule has 0 aliphatic rings. The van der Waals surface area contributed by atoms with Gasteiger partial charge in [0.2, 0.25) is 5.91 Å². The van der Waals surface area contributed by atoms with Crippen LogP contribution < -0.4 is 5.32 Å². The maximum absolute atomic E-state index is 10.9. The average molecular weight is 225 g/mol. The molecule has 0 aliphatic heterocycles. The minimum atomic E-state index is -1.30. The molecule has 6 nitrogen and oxygen atoms in total. The predicted molar refractivity (Wildman–Crippen MR) is 54.0 cm³/mol. The second kappa shape index (κ2) is 4.52. The van der Waals surface area contributed by atoms with Gasteiger partial charge in [0.15, 0.2) is 6.04 Å². The zero-order valence-corrected chi connectivity index (χ0v) is 8.47. The molecular formula is C10H11NO5. The zero-order chi connectivity index (χ0) is 12.3. The summed E-state index contributed by atoms with van der Waals surface area (Å²) < 4.78 is 0. The van der Waals surface area contributed by atoms with Gasteiger partial charge in [-0.05, 0) is 17.7 Å². The minimum absolute atomic E-state index is 0.0974. The summed E-state index contributed by atoms with van der Waals surface area (Å²) in [5, 5.41) is 29.5. The summed E-state index contributed by atoms with van der Waals surface area (Å²) in [6, 6.07) is 2.09. The zero-order valence-electron chi connectivity index (χ0n) is 8.47. The summed E-state index contributed by atoms with van der Waals surface area (Å²) in [5.41, 5.74) is 0.0974. The van der Waals surface area contributed by atoms with Gasteiger partial charge in [-0.2, -0.15) is 0 Å². The fourth-order valence-corrected chi connectivity index (χ4v) is 1.28. The summed E-state index contributed by atoms with van der Waals surface area (Å²) in [6.07, 6.45) is 0. The summed E-state index contributed by atoms with van der Waals surface area (Å²) in [5.74, 6) is -2.34. The lowest BCUT2D eigenvalue weighted by Crippen LogP contribution is -2.31. The lowest BCUT2D eigenvalue weighted by molar-refractivity contribution is -0.141. The molecule has 1 atom stereocenters. The Hall–Kier alpha value is -2.24. The SMILES string of the molecule is CC(=O)NC(C(=O)O)c1cc(O)cc(O)c1. The first-order chi connectivity index (χ1) is 7.40. The molecule has 1 aromatic carbocycles. The number of hydrogen-bond acceptors (Lipinski definition) is 4. The van der Waals surface area contributed by atoms with E-state index in [4.69, 9.17) is 5.11 Å². The number of aromatic hydroxyl groups is 2. The van der Waals surface area contributed by atoms with E-state index in [0.717, 1.165) is 18.2 Å². The van der Waals surface area contributed by atoms with Crippen molar-refractivity contribution in [2.24, 2.45) is 0 Å². The van der Waals surface area contributed by atoms with Gasteiger partial charge >= 0.3 is 5.97 Å². The lowest BCUT2D eigenvalue weighted by Gasteiger charge is -2.14. The molecule has 1 unspecified atom stereocenters. The number of phenolic OH excluding ortho intramolecular Hbond substituents is 2. The van der Waals surface area contributed by atoms with Crippen LogP contribution in [0.3, 0.4) is 0 Å². The van der Waals surface area contributed by atoms with Crippen LogP contribution in [-0.4, -0.2) is 27.2 Å². The summed E-state index contributed by atoms with van der Waals surface area (Å²) in [6.45, 7) is 1.18. The highest BCUT2D eigenvalue weighted by atomic mass is 16.4. The maximum Gasteiger partial charge on any atom is 0.330 e. The second-order valence-corrected chi connectivity index (χ2v) is 3.25. The van der Waals surface area contributed by atoms with Gasteiger partial charge < -0.3 is 20.6 Å². The van der Waals surface area contributed by atoms with Gasteiger partial charge in [0.25, 0.3) is 0 Å². The van der Waals surface area contributed by atoms with Gasteiger partial charge in [-0.1, -0.05) is 0 Å². The predicted octanol–water partition coefficient (Wildman–Crippen LogP) is 0.360. The molecule has 0 bridgehead atoms. The Morgan fingerprint density at radius 2 is 1.69 bits per heavy atom. The Bertz CT molecular complexity index is 409. The highest BCUT2D eigenvalue weighted by molar-refractivity contribution is 5.83. The molecule has 1 amide bonds. The van der Waals surface area contributed by atoms with Gasteiger partial charge in [0.1, 0.15) is 11.5 Å². The number of hydrogen-bond donors (Lipinski definition) is 4. The molecule has 1 aromatic rings. The van der Waals surface area contributed by atoms with Crippen molar-refractivity contribution in [2.75, 3.05) is 0 Å². The van der Waals surface area contributed by atoms with Crippen molar-refractivity contribution in [3.05, 3.63) is 23.8 Å². The van der Waals surface area contributed by atoms with Crippen LogP contribution in [0.1, 0.15) is 18.5 Å². The van der Waals surface area contributed by atoms with E-state index >= 15 is 0 Å². The molecule has 1 rings (SSSR count). The van der Waals surface area contributed by atoms with Crippen molar-refractivity contribution >= 4 is 11.9 Å². The molecule has 0 aromatic heterocycles. The smallest absolute Gasteiger partial charge is 0.330 e. The van der Waals surface area contributed by atoms with E-state index in [9.17, 15) is 19.8 Å². The van der Waals surface area contributed by atoms with E-state index in [1.807, 2.05) is 0 Å². The first-order valence-electron chi connectivity index (χ1n) is 4.43. The first-order valence-corrected chi connectivity index (χ1v) is 4.43. The number of carboxylic acids is 1. The van der Waals surface area contributed by atoms with Crippen LogP contribution >= 0.6 is 0 Å². The molecule has 0 saturated heterocycles. The number of benzene rings is 1. The monoisotopic (exact) mass is 225 g/mol. The number of nitrogens with one attached hydrogen (secondary N) is 1. The Morgan fingerprint density at radius 1 is 1.19 bits per heavy atom. The molecular weight excluding hydrogens is 214 g/mol. The van der Waals surface area contributed by atoms with E-state index < -0.39 is 17.9 Å². The fourth-order valence-electron chi connectivity index (χ4n) is 1.28. The van der Waals surface area contributed by atoms with Crippen LogP contribution in [0, 0.1) is 0 Å². The highest BCUT2D eigenvalue weighted by Crippen LogP contribution is 2.25. The Morgan fingerprint density at radius 3 is 2.06 bits per heavy atom. The number of carboxylic acid groups (broad SMARTS) is 1.